The number of ether oxygens (including phenoxy) is 1. The Balaban J connectivity index is 2.15. The summed E-state index contributed by atoms with van der Waals surface area (Å²) < 4.78 is 5.35. The van der Waals surface area contributed by atoms with Crippen molar-refractivity contribution in [1.82, 2.24) is 15.2 Å². The number of thiazole rings is 1. The molecule has 1 unspecified atom stereocenters. The predicted octanol–water partition coefficient (Wildman–Crippen LogP) is 4.00. The number of alkyl carbamates (subject to hydrolysis) is 1. The van der Waals surface area contributed by atoms with E-state index in [0.29, 0.717) is 11.4 Å². The predicted molar refractivity (Wildman–Crippen MR) is 103 cm³/mol. The molecule has 2 heterocycles. The van der Waals surface area contributed by atoms with E-state index < -0.39 is 17.7 Å². The Labute approximate surface area is 159 Å². The van der Waals surface area contributed by atoms with E-state index in [1.807, 2.05) is 6.92 Å². The number of hydrogen-bond acceptors (Lipinski definition) is 6. The van der Waals surface area contributed by atoms with Gasteiger partial charge in [-0.2, -0.15) is 0 Å². The standard InChI is InChI=1S/C19H29N3O3S/c1-13(2)22-10-7-6-8-14(22)12-15(16(23)17-20-9-11-26-17)21-18(24)25-19(3,4)5/h9,11,14-15H,1,6-8,10,12H2,2-5H3,(H,21,24)/t14?,15-/m0/s1. The quantitative estimate of drug-likeness (QED) is 0.757. The summed E-state index contributed by atoms with van der Waals surface area (Å²) in [4.78, 5) is 31.5. The van der Waals surface area contributed by atoms with Crippen LogP contribution in [0.15, 0.2) is 23.9 Å². The number of allylic oxidation sites excluding steroid dienone is 1. The van der Waals surface area contributed by atoms with E-state index in [1.54, 1.807) is 32.3 Å². The van der Waals surface area contributed by atoms with Crippen LogP contribution in [0.3, 0.4) is 0 Å². The highest BCUT2D eigenvalue weighted by molar-refractivity contribution is 7.11. The van der Waals surface area contributed by atoms with Gasteiger partial charge < -0.3 is 15.0 Å². The summed E-state index contributed by atoms with van der Waals surface area (Å²) in [6, 6.07) is -0.494. The first-order valence-corrected chi connectivity index (χ1v) is 9.90. The molecule has 1 aromatic rings. The lowest BCUT2D eigenvalue weighted by Gasteiger charge is -2.39. The van der Waals surface area contributed by atoms with Crippen molar-refractivity contribution >= 4 is 23.2 Å². The van der Waals surface area contributed by atoms with Crippen LogP contribution in [0.5, 0.6) is 0 Å². The zero-order valence-electron chi connectivity index (χ0n) is 16.1. The van der Waals surface area contributed by atoms with E-state index >= 15 is 0 Å². The van der Waals surface area contributed by atoms with E-state index in [4.69, 9.17) is 4.74 Å². The van der Waals surface area contributed by atoms with Crippen molar-refractivity contribution in [3.8, 4) is 0 Å². The molecule has 0 spiro atoms. The Morgan fingerprint density at radius 3 is 2.77 bits per heavy atom. The summed E-state index contributed by atoms with van der Waals surface area (Å²) in [6.07, 6.45) is 4.75. The van der Waals surface area contributed by atoms with Crippen LogP contribution in [0, 0.1) is 0 Å². The van der Waals surface area contributed by atoms with Gasteiger partial charge in [0.1, 0.15) is 11.6 Å². The first-order valence-electron chi connectivity index (χ1n) is 9.03. The first kappa shape index (κ1) is 20.4. The second-order valence-corrected chi connectivity index (χ2v) is 8.61. The third-order valence-corrected chi connectivity index (χ3v) is 5.06. The van der Waals surface area contributed by atoms with Crippen molar-refractivity contribution in [3.05, 3.63) is 28.9 Å². The van der Waals surface area contributed by atoms with Crippen LogP contribution in [0.2, 0.25) is 0 Å². The number of ketones is 1. The number of nitrogens with zero attached hydrogens (tertiary/aromatic N) is 2. The average Bonchev–Trinajstić information content (AvgIpc) is 3.06. The van der Waals surface area contributed by atoms with Gasteiger partial charge in [0.2, 0.25) is 5.78 Å². The van der Waals surface area contributed by atoms with Crippen molar-refractivity contribution in [2.45, 2.75) is 71.1 Å². The maximum atomic E-state index is 12.9. The fourth-order valence-electron chi connectivity index (χ4n) is 3.20. The van der Waals surface area contributed by atoms with E-state index in [2.05, 4.69) is 21.8 Å². The lowest BCUT2D eigenvalue weighted by Crippen LogP contribution is -2.48. The lowest BCUT2D eigenvalue weighted by atomic mass is 9.93. The number of piperidine rings is 1. The molecule has 0 bridgehead atoms. The highest BCUT2D eigenvalue weighted by Gasteiger charge is 2.32. The van der Waals surface area contributed by atoms with Gasteiger partial charge >= 0.3 is 6.09 Å². The molecule has 0 aliphatic carbocycles. The van der Waals surface area contributed by atoms with Gasteiger partial charge in [-0.3, -0.25) is 4.79 Å². The molecule has 1 saturated heterocycles. The van der Waals surface area contributed by atoms with E-state index in [0.717, 1.165) is 31.5 Å². The third kappa shape index (κ3) is 5.83. The lowest BCUT2D eigenvalue weighted by molar-refractivity contribution is 0.0474. The van der Waals surface area contributed by atoms with Crippen LogP contribution in [-0.2, 0) is 4.74 Å². The fourth-order valence-corrected chi connectivity index (χ4v) is 3.83. The topological polar surface area (TPSA) is 71.5 Å². The van der Waals surface area contributed by atoms with Gasteiger partial charge in [-0.05, 0) is 53.4 Å². The van der Waals surface area contributed by atoms with Gasteiger partial charge in [0, 0.05) is 29.9 Å². The van der Waals surface area contributed by atoms with Gasteiger partial charge in [0.15, 0.2) is 5.01 Å². The van der Waals surface area contributed by atoms with Crippen molar-refractivity contribution in [3.63, 3.8) is 0 Å². The maximum Gasteiger partial charge on any atom is 0.408 e. The van der Waals surface area contributed by atoms with Gasteiger partial charge in [0.05, 0.1) is 0 Å². The van der Waals surface area contributed by atoms with Crippen LogP contribution in [0.1, 0.15) is 63.2 Å². The summed E-state index contributed by atoms with van der Waals surface area (Å²) in [5.41, 5.74) is 0.375. The Bertz CT molecular complexity index is 637. The molecule has 0 aromatic carbocycles. The molecule has 0 saturated carbocycles. The summed E-state index contributed by atoms with van der Waals surface area (Å²) >= 11 is 1.28. The van der Waals surface area contributed by atoms with Crippen molar-refractivity contribution in [2.24, 2.45) is 0 Å². The van der Waals surface area contributed by atoms with Crippen LogP contribution >= 0.6 is 11.3 Å². The number of carbonyl (C=O) groups excluding carboxylic acids is 2. The zero-order chi connectivity index (χ0) is 19.3. The Kier molecular flexibility index (Phi) is 6.81. The van der Waals surface area contributed by atoms with Crippen LogP contribution < -0.4 is 5.32 Å². The number of hydrogen-bond donors (Lipinski definition) is 1. The molecular formula is C19H29N3O3S. The molecule has 6 nitrogen and oxygen atoms in total. The van der Waals surface area contributed by atoms with Gasteiger partial charge in [-0.1, -0.05) is 6.58 Å². The third-order valence-electron chi connectivity index (χ3n) is 4.28. The highest BCUT2D eigenvalue weighted by atomic mass is 32.1. The second kappa shape index (κ2) is 8.66. The van der Waals surface area contributed by atoms with Crippen molar-refractivity contribution < 1.29 is 14.3 Å². The Morgan fingerprint density at radius 1 is 1.46 bits per heavy atom. The van der Waals surface area contributed by atoms with Gasteiger partial charge in [-0.25, -0.2) is 9.78 Å². The minimum Gasteiger partial charge on any atom is -0.444 e. The minimum absolute atomic E-state index is 0.168. The smallest absolute Gasteiger partial charge is 0.408 e. The van der Waals surface area contributed by atoms with Crippen molar-refractivity contribution in [2.75, 3.05) is 6.54 Å². The summed E-state index contributed by atoms with van der Waals surface area (Å²) in [5, 5.41) is 4.94. The largest absolute Gasteiger partial charge is 0.444 e. The average molecular weight is 380 g/mol. The minimum atomic E-state index is -0.666. The molecular weight excluding hydrogens is 350 g/mol. The van der Waals surface area contributed by atoms with Crippen LogP contribution in [-0.4, -0.2) is 46.0 Å². The molecule has 1 aromatic heterocycles. The van der Waals surface area contributed by atoms with E-state index in [-0.39, 0.29) is 11.8 Å². The SMILES string of the molecule is C=C(C)N1CCCCC1C[C@H](NC(=O)OC(C)(C)C)C(=O)c1nccs1. The fraction of sp³-hybridized carbons (Fsp3) is 0.632. The normalized spacial score (nSPS) is 18.9. The number of aromatic nitrogens is 1. The molecule has 26 heavy (non-hydrogen) atoms. The molecule has 1 aliphatic heterocycles. The molecule has 144 valence electrons. The molecule has 2 rings (SSSR count). The van der Waals surface area contributed by atoms with Gasteiger partial charge in [-0.15, -0.1) is 11.3 Å². The number of rotatable bonds is 6. The summed E-state index contributed by atoms with van der Waals surface area (Å²) in [5.74, 6) is -0.168. The molecule has 1 N–H and O–H groups in total. The summed E-state index contributed by atoms with van der Waals surface area (Å²) in [6.45, 7) is 12.4. The van der Waals surface area contributed by atoms with Gasteiger partial charge in [0.25, 0.3) is 0 Å². The van der Waals surface area contributed by atoms with Crippen molar-refractivity contribution in [1.29, 1.82) is 0 Å². The van der Waals surface area contributed by atoms with E-state index in [9.17, 15) is 9.59 Å². The maximum absolute atomic E-state index is 12.9. The number of likely N-dealkylation sites (tertiary alicyclic amines) is 1. The number of Topliss-reactive ketones (excluding diaryl/α,β-unsaturated/α-hetero) is 1. The van der Waals surface area contributed by atoms with Crippen LogP contribution in [0.4, 0.5) is 4.79 Å². The number of amides is 1. The van der Waals surface area contributed by atoms with Crippen LogP contribution in [0.25, 0.3) is 0 Å². The number of carbonyl (C=O) groups is 2. The molecule has 0 radical (unpaired) electrons. The number of nitrogens with one attached hydrogen (secondary N) is 1. The zero-order valence-corrected chi connectivity index (χ0v) is 16.9. The molecule has 2 atom stereocenters. The Hall–Kier alpha value is -1.89. The molecule has 1 amide bonds. The Morgan fingerprint density at radius 2 is 2.19 bits per heavy atom. The highest BCUT2D eigenvalue weighted by Crippen LogP contribution is 2.25. The summed E-state index contributed by atoms with van der Waals surface area (Å²) in [7, 11) is 0. The monoisotopic (exact) mass is 379 g/mol. The molecule has 7 heteroatoms. The molecule has 1 fully saturated rings. The molecule has 1 aliphatic rings. The second-order valence-electron chi connectivity index (χ2n) is 7.71. The first-order chi connectivity index (χ1) is 12.2. The van der Waals surface area contributed by atoms with E-state index in [1.165, 1.54) is 11.3 Å².